The number of rotatable bonds is 4. The van der Waals surface area contributed by atoms with Gasteiger partial charge in [0.15, 0.2) is 5.11 Å². The van der Waals surface area contributed by atoms with Crippen LogP contribution in [0.15, 0.2) is 71.7 Å². The van der Waals surface area contributed by atoms with E-state index in [0.29, 0.717) is 38.3 Å². The highest BCUT2D eigenvalue weighted by Gasteiger charge is 2.31. The summed E-state index contributed by atoms with van der Waals surface area (Å²) in [5.41, 5.74) is 3.99. The van der Waals surface area contributed by atoms with Gasteiger partial charge in [0.2, 0.25) is 6.17 Å². The Morgan fingerprint density at radius 2 is 1.85 bits per heavy atom. The Labute approximate surface area is 212 Å². The molecule has 0 aromatic heterocycles. The first-order valence-electron chi connectivity index (χ1n) is 10.3. The molecule has 1 aliphatic rings. The van der Waals surface area contributed by atoms with Crippen LogP contribution in [0.25, 0.3) is 0 Å². The maximum atomic E-state index is 13.4. The van der Waals surface area contributed by atoms with Gasteiger partial charge in [-0.1, -0.05) is 59.6 Å². The number of nitriles is 1. The van der Waals surface area contributed by atoms with Gasteiger partial charge in [0, 0.05) is 33.9 Å². The van der Waals surface area contributed by atoms with E-state index in [0.717, 1.165) is 5.56 Å². The number of nitrogens with one attached hydrogen (secondary N) is 2. The highest BCUT2D eigenvalue weighted by Crippen LogP contribution is 2.31. The lowest BCUT2D eigenvalue weighted by molar-refractivity contribution is -0.119. The van der Waals surface area contributed by atoms with Gasteiger partial charge >= 0.3 is 0 Å². The number of thiocarbonyl (C=S) groups is 1. The smallest absolute Gasteiger partial charge is 0.272 e. The Bertz CT molecular complexity index is 1350. The molecule has 0 saturated heterocycles. The molecule has 0 aliphatic carbocycles. The summed E-state index contributed by atoms with van der Waals surface area (Å²) in [5, 5.41) is 16.4. The molecule has 6 nitrogen and oxygen atoms in total. The second kappa shape index (κ2) is 10.2. The summed E-state index contributed by atoms with van der Waals surface area (Å²) in [5.74, 6) is -0.305. The van der Waals surface area contributed by atoms with Crippen molar-refractivity contribution < 1.29 is 4.79 Å². The van der Waals surface area contributed by atoms with E-state index in [1.165, 1.54) is 4.90 Å². The van der Waals surface area contributed by atoms with E-state index < -0.39 is 6.17 Å². The summed E-state index contributed by atoms with van der Waals surface area (Å²) in [6.45, 7) is 0. The Morgan fingerprint density at radius 1 is 1.12 bits per heavy atom. The molecule has 0 saturated carbocycles. The molecule has 0 fully saturated rings. The number of fused-ring (bicyclic) bond motifs is 1. The van der Waals surface area contributed by atoms with Gasteiger partial charge in [0.25, 0.3) is 5.91 Å². The topological polar surface area (TPSA) is 80.5 Å². The van der Waals surface area contributed by atoms with Crippen LogP contribution < -0.4 is 15.5 Å². The predicted octanol–water partition coefficient (Wildman–Crippen LogP) is 5.19. The van der Waals surface area contributed by atoms with Crippen LogP contribution in [0.1, 0.15) is 16.7 Å². The zero-order valence-electron chi connectivity index (χ0n) is 18.0. The van der Waals surface area contributed by atoms with Crippen LogP contribution >= 0.6 is 35.4 Å². The minimum absolute atomic E-state index is 0.198. The number of aliphatic imine (C=N–C) groups is 1. The molecule has 4 rings (SSSR count). The number of nitrogens with zero attached hydrogens (tertiary/aromatic N) is 3. The monoisotopic (exact) mass is 507 g/mol. The molecule has 0 spiro atoms. The molecule has 1 amide bonds. The normalized spacial score (nSPS) is 15.0. The molecular weight excluding hydrogens is 489 g/mol. The average molecular weight is 508 g/mol. The van der Waals surface area contributed by atoms with Crippen LogP contribution in [-0.4, -0.2) is 29.9 Å². The molecule has 1 atom stereocenters. The SMILES string of the molecule is CN1C(=O)C(NC(=S)Nc2ccccc2CC#N)N=C(c2ccccc2Cl)c2cc(Cl)ccc21. The number of benzene rings is 3. The van der Waals surface area contributed by atoms with Gasteiger partial charge in [-0.15, -0.1) is 0 Å². The van der Waals surface area contributed by atoms with Crippen molar-refractivity contribution in [3.05, 3.63) is 93.5 Å². The van der Waals surface area contributed by atoms with Gasteiger partial charge < -0.3 is 15.5 Å². The largest absolute Gasteiger partial charge is 0.333 e. The fourth-order valence-corrected chi connectivity index (χ4v) is 4.29. The summed E-state index contributed by atoms with van der Waals surface area (Å²) in [7, 11) is 1.67. The van der Waals surface area contributed by atoms with Crippen molar-refractivity contribution in [1.29, 1.82) is 5.26 Å². The summed E-state index contributed by atoms with van der Waals surface area (Å²) >= 11 is 18.3. The van der Waals surface area contributed by atoms with Gasteiger partial charge in [-0.3, -0.25) is 4.79 Å². The molecule has 9 heteroatoms. The van der Waals surface area contributed by atoms with E-state index >= 15 is 0 Å². The minimum Gasteiger partial charge on any atom is -0.333 e. The number of carbonyl (C=O) groups is 1. The second-order valence-corrected chi connectivity index (χ2v) is 8.76. The van der Waals surface area contributed by atoms with E-state index in [1.807, 2.05) is 42.5 Å². The summed E-state index contributed by atoms with van der Waals surface area (Å²) in [4.78, 5) is 19.6. The number of hydrogen-bond acceptors (Lipinski definition) is 4. The van der Waals surface area contributed by atoms with Crippen LogP contribution in [0.3, 0.4) is 0 Å². The predicted molar refractivity (Wildman–Crippen MR) is 141 cm³/mol. The maximum Gasteiger partial charge on any atom is 0.272 e. The van der Waals surface area contributed by atoms with Crippen LogP contribution in [0, 0.1) is 11.3 Å². The number of carbonyl (C=O) groups excluding carboxylic acids is 1. The number of anilines is 2. The van der Waals surface area contributed by atoms with Crippen molar-refractivity contribution in [3.63, 3.8) is 0 Å². The van der Waals surface area contributed by atoms with Crippen LogP contribution in [0.5, 0.6) is 0 Å². The molecule has 170 valence electrons. The first-order valence-corrected chi connectivity index (χ1v) is 11.5. The van der Waals surface area contributed by atoms with E-state index in [-0.39, 0.29) is 17.4 Å². The molecule has 1 heterocycles. The number of likely N-dealkylation sites (N-methyl/N-ethyl adjacent to an activating group) is 1. The average Bonchev–Trinajstić information content (AvgIpc) is 2.91. The van der Waals surface area contributed by atoms with Crippen molar-refractivity contribution in [3.8, 4) is 6.07 Å². The molecular formula is C25H19Cl2N5OS. The molecule has 0 bridgehead atoms. The zero-order valence-corrected chi connectivity index (χ0v) is 20.4. The highest BCUT2D eigenvalue weighted by molar-refractivity contribution is 7.80. The Balaban J connectivity index is 1.73. The molecule has 1 unspecified atom stereocenters. The molecule has 0 radical (unpaired) electrons. The Kier molecular flexibility index (Phi) is 7.13. The number of para-hydroxylation sites is 1. The summed E-state index contributed by atoms with van der Waals surface area (Å²) in [6, 6.07) is 22.0. The molecule has 34 heavy (non-hydrogen) atoms. The van der Waals surface area contributed by atoms with Crippen molar-refractivity contribution in [2.75, 3.05) is 17.3 Å². The number of amides is 1. The lowest BCUT2D eigenvalue weighted by Crippen LogP contribution is -2.47. The van der Waals surface area contributed by atoms with Crippen molar-refractivity contribution in [1.82, 2.24) is 5.32 Å². The standard InChI is InChI=1S/C25H19Cl2N5OS/c1-32-21-11-10-16(26)14-18(21)22(17-7-3-4-8-19(17)27)30-23(24(32)33)31-25(34)29-20-9-5-2-6-15(20)12-13-28/h2-11,14,23H,12H2,1H3,(H2,29,31,34). The summed E-state index contributed by atoms with van der Waals surface area (Å²) in [6.07, 6.45) is -0.799. The number of benzodiazepines with no additional fused rings is 1. The van der Waals surface area contributed by atoms with Gasteiger partial charge in [-0.05, 0) is 48.1 Å². The van der Waals surface area contributed by atoms with Crippen molar-refractivity contribution in [2.24, 2.45) is 4.99 Å². The molecule has 3 aromatic rings. The van der Waals surface area contributed by atoms with Gasteiger partial charge in [-0.25, -0.2) is 4.99 Å². The van der Waals surface area contributed by atoms with E-state index in [1.54, 1.807) is 31.3 Å². The van der Waals surface area contributed by atoms with E-state index in [9.17, 15) is 4.79 Å². The van der Waals surface area contributed by atoms with Gasteiger partial charge in [0.05, 0.1) is 23.9 Å². The molecule has 3 aromatic carbocycles. The first-order chi connectivity index (χ1) is 16.4. The summed E-state index contributed by atoms with van der Waals surface area (Å²) < 4.78 is 0. The van der Waals surface area contributed by atoms with E-state index in [4.69, 9.17) is 45.7 Å². The zero-order chi connectivity index (χ0) is 24.2. The van der Waals surface area contributed by atoms with Crippen LogP contribution in [0.4, 0.5) is 11.4 Å². The third kappa shape index (κ3) is 4.90. The molecule has 2 N–H and O–H groups in total. The number of hydrogen-bond donors (Lipinski definition) is 2. The number of halogens is 2. The van der Waals surface area contributed by atoms with E-state index in [2.05, 4.69) is 16.7 Å². The first kappa shape index (κ1) is 23.7. The van der Waals surface area contributed by atoms with Gasteiger partial charge in [-0.2, -0.15) is 5.26 Å². The molecule has 1 aliphatic heterocycles. The van der Waals surface area contributed by atoms with Crippen LogP contribution in [-0.2, 0) is 11.2 Å². The third-order valence-electron chi connectivity index (χ3n) is 5.33. The minimum atomic E-state index is -1.02. The quantitative estimate of drug-likeness (QED) is 0.475. The third-order valence-corrected chi connectivity index (χ3v) is 6.11. The van der Waals surface area contributed by atoms with Crippen molar-refractivity contribution in [2.45, 2.75) is 12.6 Å². The lowest BCUT2D eigenvalue weighted by Gasteiger charge is -2.22. The Morgan fingerprint density at radius 3 is 2.62 bits per heavy atom. The fourth-order valence-electron chi connectivity index (χ4n) is 3.67. The highest BCUT2D eigenvalue weighted by atomic mass is 35.5. The Hall–Kier alpha value is -3.44. The van der Waals surface area contributed by atoms with Gasteiger partial charge in [0.1, 0.15) is 0 Å². The second-order valence-electron chi connectivity index (χ2n) is 7.51. The van der Waals surface area contributed by atoms with Crippen LogP contribution in [0.2, 0.25) is 10.0 Å². The fraction of sp³-hybridized carbons (Fsp3) is 0.120. The van der Waals surface area contributed by atoms with Crippen molar-refractivity contribution >= 4 is 63.5 Å². The maximum absolute atomic E-state index is 13.4. The lowest BCUT2D eigenvalue weighted by atomic mass is 10.00.